The van der Waals surface area contributed by atoms with Crippen LogP contribution in [-0.2, 0) is 25.9 Å². The molecule has 146 valence electrons. The molecule has 3 aromatic rings. The van der Waals surface area contributed by atoms with Crippen LogP contribution in [-0.4, -0.2) is 0 Å². The fourth-order valence-corrected chi connectivity index (χ4v) is 4.12. The third kappa shape index (κ3) is 6.30. The maximum atomic E-state index is 2.40. The van der Waals surface area contributed by atoms with Crippen LogP contribution in [0.15, 0.2) is 61.2 Å². The zero-order valence-electron chi connectivity index (χ0n) is 17.9. The first-order chi connectivity index (χ1) is 13.5. The molecular formula is C26H34N2+2. The fraction of sp³-hybridized carbons (Fsp3) is 0.385. The maximum absolute atomic E-state index is 2.40. The molecule has 0 N–H and O–H groups in total. The molecule has 3 rings (SSSR count). The van der Waals surface area contributed by atoms with Crippen molar-refractivity contribution in [1.82, 2.24) is 0 Å². The van der Waals surface area contributed by atoms with Crippen LogP contribution in [0.4, 0.5) is 0 Å². The van der Waals surface area contributed by atoms with Crippen LogP contribution in [0.5, 0.6) is 0 Å². The summed E-state index contributed by atoms with van der Waals surface area (Å²) in [7, 11) is 0. The van der Waals surface area contributed by atoms with Gasteiger partial charge in [0, 0.05) is 35.1 Å². The maximum Gasteiger partial charge on any atom is 0.171 e. The lowest BCUT2D eigenvalue weighted by atomic mass is 10.0. The molecule has 0 spiro atoms. The molecule has 0 atom stereocenters. The Balaban J connectivity index is 1.49. The number of pyridine rings is 2. The highest BCUT2D eigenvalue weighted by molar-refractivity contribution is 5.23. The highest BCUT2D eigenvalue weighted by Crippen LogP contribution is 2.10. The predicted octanol–water partition coefficient (Wildman–Crippen LogP) is 4.76. The van der Waals surface area contributed by atoms with Gasteiger partial charge in [0.25, 0.3) is 0 Å². The Morgan fingerprint density at radius 1 is 0.571 bits per heavy atom. The topological polar surface area (TPSA) is 7.76 Å². The Labute approximate surface area is 170 Å². The van der Waals surface area contributed by atoms with E-state index in [2.05, 4.69) is 98.0 Å². The number of benzene rings is 1. The normalized spacial score (nSPS) is 11.0. The summed E-state index contributed by atoms with van der Waals surface area (Å²) in [6.45, 7) is 10.8. The summed E-state index contributed by atoms with van der Waals surface area (Å²) in [5.74, 6) is 0. The van der Waals surface area contributed by atoms with Crippen LogP contribution >= 0.6 is 0 Å². The minimum atomic E-state index is 1.08. The average Bonchev–Trinajstić information content (AvgIpc) is 2.60. The van der Waals surface area contributed by atoms with Gasteiger partial charge in [0.15, 0.2) is 24.8 Å². The van der Waals surface area contributed by atoms with Crippen molar-refractivity contribution in [2.45, 2.75) is 66.5 Å². The van der Waals surface area contributed by atoms with Crippen LogP contribution in [0.2, 0.25) is 0 Å². The van der Waals surface area contributed by atoms with E-state index >= 15 is 0 Å². The smallest absolute Gasteiger partial charge is 0.171 e. The summed E-state index contributed by atoms with van der Waals surface area (Å²) in [6.07, 6.45) is 13.6. The summed E-state index contributed by atoms with van der Waals surface area (Å²) in [5, 5.41) is 0. The second kappa shape index (κ2) is 9.64. The first-order valence-electron chi connectivity index (χ1n) is 10.5. The first-order valence-corrected chi connectivity index (χ1v) is 10.5. The van der Waals surface area contributed by atoms with Gasteiger partial charge >= 0.3 is 0 Å². The van der Waals surface area contributed by atoms with Crippen molar-refractivity contribution in [3.63, 3.8) is 0 Å². The van der Waals surface area contributed by atoms with Gasteiger partial charge in [-0.1, -0.05) is 24.3 Å². The highest BCUT2D eigenvalue weighted by Gasteiger charge is 2.06. The SMILES string of the molecule is Cc1cc(C)c[n+](CCCc2cccc(CCC[n+]3cc(C)cc(C)c3)c2)c1. The number of rotatable bonds is 8. The van der Waals surface area contributed by atoms with Gasteiger partial charge in [0.2, 0.25) is 0 Å². The van der Waals surface area contributed by atoms with Crippen molar-refractivity contribution in [3.8, 4) is 0 Å². The van der Waals surface area contributed by atoms with Gasteiger partial charge in [-0.15, -0.1) is 0 Å². The van der Waals surface area contributed by atoms with E-state index in [0.29, 0.717) is 0 Å². The third-order valence-corrected chi connectivity index (χ3v) is 5.14. The van der Waals surface area contributed by atoms with E-state index in [1.807, 2.05) is 0 Å². The molecule has 0 unspecified atom stereocenters. The summed E-state index contributed by atoms with van der Waals surface area (Å²) >= 11 is 0. The number of nitrogens with zero attached hydrogens (tertiary/aromatic N) is 2. The minimum absolute atomic E-state index is 1.08. The lowest BCUT2D eigenvalue weighted by Gasteiger charge is -2.05. The second-order valence-corrected chi connectivity index (χ2v) is 8.28. The van der Waals surface area contributed by atoms with Crippen molar-refractivity contribution in [1.29, 1.82) is 0 Å². The summed E-state index contributed by atoms with van der Waals surface area (Å²) in [4.78, 5) is 0. The number of hydrogen-bond donors (Lipinski definition) is 0. The minimum Gasteiger partial charge on any atom is -0.205 e. The average molecular weight is 375 g/mol. The van der Waals surface area contributed by atoms with Gasteiger partial charge in [-0.25, -0.2) is 9.13 Å². The van der Waals surface area contributed by atoms with E-state index < -0.39 is 0 Å². The van der Waals surface area contributed by atoms with E-state index in [0.717, 1.165) is 25.9 Å². The van der Waals surface area contributed by atoms with Crippen LogP contribution in [0.25, 0.3) is 0 Å². The Morgan fingerprint density at radius 2 is 0.964 bits per heavy atom. The molecule has 0 aliphatic heterocycles. The lowest BCUT2D eigenvalue weighted by molar-refractivity contribution is -0.698. The molecule has 0 fully saturated rings. The summed E-state index contributed by atoms with van der Waals surface area (Å²) < 4.78 is 4.66. The van der Waals surface area contributed by atoms with Crippen molar-refractivity contribution in [3.05, 3.63) is 94.6 Å². The molecule has 0 radical (unpaired) electrons. The second-order valence-electron chi connectivity index (χ2n) is 8.28. The molecule has 0 saturated heterocycles. The quantitative estimate of drug-likeness (QED) is 0.502. The van der Waals surface area contributed by atoms with Crippen LogP contribution < -0.4 is 9.13 Å². The Kier molecular flexibility index (Phi) is 6.97. The lowest BCUT2D eigenvalue weighted by Crippen LogP contribution is -2.34. The number of aromatic nitrogens is 2. The molecular weight excluding hydrogens is 340 g/mol. The van der Waals surface area contributed by atoms with Gasteiger partial charge in [0.1, 0.15) is 13.1 Å². The first kappa shape index (κ1) is 20.3. The van der Waals surface area contributed by atoms with Crippen LogP contribution in [0.3, 0.4) is 0 Å². The largest absolute Gasteiger partial charge is 0.205 e. The molecule has 0 amide bonds. The Morgan fingerprint density at radius 3 is 1.36 bits per heavy atom. The molecule has 2 aromatic heterocycles. The molecule has 0 bridgehead atoms. The van der Waals surface area contributed by atoms with E-state index in [4.69, 9.17) is 0 Å². The van der Waals surface area contributed by atoms with Crippen molar-refractivity contribution in [2.24, 2.45) is 0 Å². The Hall–Kier alpha value is -2.48. The highest BCUT2D eigenvalue weighted by atomic mass is 14.9. The van der Waals surface area contributed by atoms with Gasteiger partial charge in [0.05, 0.1) is 0 Å². The molecule has 28 heavy (non-hydrogen) atoms. The van der Waals surface area contributed by atoms with Crippen molar-refractivity contribution < 1.29 is 9.13 Å². The Bertz CT molecular complexity index is 814. The van der Waals surface area contributed by atoms with Crippen molar-refractivity contribution in [2.75, 3.05) is 0 Å². The molecule has 1 aromatic carbocycles. The van der Waals surface area contributed by atoms with Crippen LogP contribution in [0, 0.1) is 27.7 Å². The van der Waals surface area contributed by atoms with Gasteiger partial charge < -0.3 is 0 Å². The number of aryl methyl sites for hydroxylation is 8. The fourth-order valence-electron chi connectivity index (χ4n) is 4.12. The molecule has 2 heteroatoms. The summed E-state index contributed by atoms with van der Waals surface area (Å²) in [6, 6.07) is 13.6. The predicted molar refractivity (Wildman–Crippen MR) is 115 cm³/mol. The standard InChI is InChI=1S/C26H34N2/c1-21-14-22(2)18-27(17-21)12-6-10-25-8-5-9-26(16-25)11-7-13-28-19-23(3)15-24(4)20-28/h5,8-9,14-20H,6-7,10-13H2,1-4H3/q+2. The number of hydrogen-bond acceptors (Lipinski definition) is 0. The monoisotopic (exact) mass is 374 g/mol. The molecule has 0 aliphatic carbocycles. The van der Waals surface area contributed by atoms with Crippen molar-refractivity contribution >= 4 is 0 Å². The zero-order valence-corrected chi connectivity index (χ0v) is 17.9. The third-order valence-electron chi connectivity index (χ3n) is 5.14. The van der Waals surface area contributed by atoms with E-state index in [1.165, 1.54) is 46.2 Å². The molecule has 2 nitrogen and oxygen atoms in total. The van der Waals surface area contributed by atoms with Gasteiger partial charge in [-0.2, -0.15) is 0 Å². The molecule has 0 aliphatic rings. The van der Waals surface area contributed by atoms with E-state index in [-0.39, 0.29) is 0 Å². The van der Waals surface area contributed by atoms with Gasteiger partial charge in [-0.05, 0) is 63.8 Å². The van der Waals surface area contributed by atoms with E-state index in [1.54, 1.807) is 0 Å². The van der Waals surface area contributed by atoms with Crippen LogP contribution in [0.1, 0.15) is 46.2 Å². The molecule has 0 saturated carbocycles. The van der Waals surface area contributed by atoms with E-state index in [9.17, 15) is 0 Å². The summed E-state index contributed by atoms with van der Waals surface area (Å²) in [5.41, 5.74) is 8.27. The van der Waals surface area contributed by atoms with Gasteiger partial charge in [-0.3, -0.25) is 0 Å². The molecule has 2 heterocycles. The zero-order chi connectivity index (χ0) is 19.9.